The van der Waals surface area contributed by atoms with Crippen LogP contribution < -0.4 is 16.4 Å². The standard InChI is InChI=1S/C21H26N6O4/c1-3-31-20(28)15-7-5-4-6-14(23)19-26-17(11-22)18(27-19)13-9-8-12(10-16(13)25-15)24-21(29)30-2/h8-10,14-15,25H,3-7,23H2,1-2H3,(H,24,29)(H,26,27)/t14?,15-/m1/s1. The molecule has 0 spiro atoms. The summed E-state index contributed by atoms with van der Waals surface area (Å²) in [6, 6.07) is 6.22. The van der Waals surface area contributed by atoms with Crippen molar-refractivity contribution in [3.05, 3.63) is 29.7 Å². The summed E-state index contributed by atoms with van der Waals surface area (Å²) in [6.07, 6.45) is 2.12. The molecule has 0 fully saturated rings. The van der Waals surface area contributed by atoms with E-state index in [1.165, 1.54) is 7.11 Å². The Hall–Kier alpha value is -3.58. The number of benzene rings is 1. The third kappa shape index (κ3) is 5.13. The van der Waals surface area contributed by atoms with E-state index in [0.29, 0.717) is 41.3 Å². The van der Waals surface area contributed by atoms with Gasteiger partial charge < -0.3 is 25.5 Å². The summed E-state index contributed by atoms with van der Waals surface area (Å²) in [5.74, 6) is 0.168. The van der Waals surface area contributed by atoms with E-state index >= 15 is 0 Å². The van der Waals surface area contributed by atoms with Crippen molar-refractivity contribution in [2.75, 3.05) is 24.4 Å². The van der Waals surface area contributed by atoms with E-state index in [4.69, 9.17) is 10.5 Å². The fourth-order valence-corrected chi connectivity index (χ4v) is 3.49. The highest BCUT2D eigenvalue weighted by atomic mass is 16.5. The van der Waals surface area contributed by atoms with Gasteiger partial charge >= 0.3 is 12.1 Å². The van der Waals surface area contributed by atoms with Gasteiger partial charge in [0.2, 0.25) is 0 Å². The smallest absolute Gasteiger partial charge is 0.411 e. The van der Waals surface area contributed by atoms with Gasteiger partial charge in [-0.25, -0.2) is 14.6 Å². The zero-order chi connectivity index (χ0) is 22.4. The Morgan fingerprint density at radius 3 is 2.84 bits per heavy atom. The van der Waals surface area contributed by atoms with Crippen LogP contribution in [-0.2, 0) is 14.3 Å². The number of methoxy groups -OCH3 is 1. The van der Waals surface area contributed by atoms with Gasteiger partial charge in [-0.05, 0) is 38.0 Å². The lowest BCUT2D eigenvalue weighted by Gasteiger charge is -2.21. The normalized spacial score (nSPS) is 18.3. The molecule has 2 aromatic rings. The molecule has 1 aromatic heterocycles. The van der Waals surface area contributed by atoms with Gasteiger partial charge in [0, 0.05) is 16.9 Å². The molecule has 1 aliphatic rings. The number of nitriles is 1. The summed E-state index contributed by atoms with van der Waals surface area (Å²) in [5.41, 5.74) is 8.54. The van der Waals surface area contributed by atoms with Gasteiger partial charge in [0.15, 0.2) is 0 Å². The molecule has 1 unspecified atom stereocenters. The molecule has 2 heterocycles. The number of aromatic amines is 1. The Morgan fingerprint density at radius 2 is 2.13 bits per heavy atom. The molecule has 2 bridgehead atoms. The van der Waals surface area contributed by atoms with E-state index in [2.05, 4.69) is 31.4 Å². The van der Waals surface area contributed by atoms with Crippen molar-refractivity contribution in [1.82, 2.24) is 9.97 Å². The highest BCUT2D eigenvalue weighted by Gasteiger charge is 2.25. The second-order valence-corrected chi connectivity index (χ2v) is 7.17. The van der Waals surface area contributed by atoms with Crippen LogP contribution in [0.1, 0.15) is 50.2 Å². The fourth-order valence-electron chi connectivity index (χ4n) is 3.49. The summed E-state index contributed by atoms with van der Waals surface area (Å²) >= 11 is 0. The molecule has 3 rings (SSSR count). The summed E-state index contributed by atoms with van der Waals surface area (Å²) in [6.45, 7) is 2.02. The summed E-state index contributed by atoms with van der Waals surface area (Å²) in [7, 11) is 1.27. The monoisotopic (exact) mass is 426 g/mol. The number of nitrogens with two attached hydrogens (primary N) is 1. The molecular weight excluding hydrogens is 400 g/mol. The third-order valence-corrected chi connectivity index (χ3v) is 5.05. The number of imidazole rings is 1. The Morgan fingerprint density at radius 1 is 1.35 bits per heavy atom. The van der Waals surface area contributed by atoms with E-state index < -0.39 is 12.1 Å². The average Bonchev–Trinajstić information content (AvgIpc) is 3.19. The summed E-state index contributed by atoms with van der Waals surface area (Å²) < 4.78 is 9.89. The number of rotatable bonds is 3. The van der Waals surface area contributed by atoms with E-state index in [-0.39, 0.29) is 24.3 Å². The zero-order valence-corrected chi connectivity index (χ0v) is 17.5. The Bertz CT molecular complexity index is 996. The predicted octanol–water partition coefficient (Wildman–Crippen LogP) is 3.04. The minimum absolute atomic E-state index is 0.264. The minimum Gasteiger partial charge on any atom is -0.464 e. The second kappa shape index (κ2) is 9.95. The van der Waals surface area contributed by atoms with Crippen LogP contribution in [0, 0.1) is 11.3 Å². The van der Waals surface area contributed by atoms with Crippen molar-refractivity contribution in [1.29, 1.82) is 5.26 Å². The van der Waals surface area contributed by atoms with Crippen LogP contribution in [0.5, 0.6) is 0 Å². The predicted molar refractivity (Wildman–Crippen MR) is 114 cm³/mol. The van der Waals surface area contributed by atoms with Crippen molar-refractivity contribution >= 4 is 23.4 Å². The fraction of sp³-hybridized carbons (Fsp3) is 0.429. The number of carbonyl (C=O) groups excluding carboxylic acids is 2. The number of amides is 1. The molecule has 164 valence electrons. The third-order valence-electron chi connectivity index (χ3n) is 5.05. The number of nitrogens with zero attached hydrogens (tertiary/aromatic N) is 2. The van der Waals surface area contributed by atoms with Crippen molar-refractivity contribution in [2.24, 2.45) is 5.73 Å². The molecule has 0 aliphatic carbocycles. The molecule has 1 aliphatic heterocycles. The van der Waals surface area contributed by atoms with Gasteiger partial charge in [-0.15, -0.1) is 0 Å². The van der Waals surface area contributed by atoms with Crippen molar-refractivity contribution in [3.8, 4) is 17.3 Å². The summed E-state index contributed by atoms with van der Waals surface area (Å²) in [4.78, 5) is 31.8. The molecule has 10 nitrogen and oxygen atoms in total. The molecule has 31 heavy (non-hydrogen) atoms. The molecule has 0 saturated heterocycles. The topological polar surface area (TPSA) is 155 Å². The number of carbonyl (C=O) groups is 2. The van der Waals surface area contributed by atoms with Crippen LogP contribution >= 0.6 is 0 Å². The van der Waals surface area contributed by atoms with E-state index in [1.54, 1.807) is 25.1 Å². The largest absolute Gasteiger partial charge is 0.464 e. The highest BCUT2D eigenvalue weighted by molar-refractivity contribution is 5.90. The number of hydrogen-bond acceptors (Lipinski definition) is 8. The number of nitrogens with one attached hydrogen (secondary N) is 3. The lowest BCUT2D eigenvalue weighted by Crippen LogP contribution is -2.32. The molecule has 0 radical (unpaired) electrons. The maximum absolute atomic E-state index is 12.6. The lowest BCUT2D eigenvalue weighted by molar-refractivity contribution is -0.144. The Labute approximate surface area is 180 Å². The van der Waals surface area contributed by atoms with Crippen LogP contribution in [-0.4, -0.2) is 41.8 Å². The van der Waals surface area contributed by atoms with Crippen LogP contribution in [0.3, 0.4) is 0 Å². The molecule has 10 heteroatoms. The first-order valence-electron chi connectivity index (χ1n) is 10.1. The van der Waals surface area contributed by atoms with Crippen LogP contribution in [0.25, 0.3) is 11.3 Å². The zero-order valence-electron chi connectivity index (χ0n) is 17.5. The van der Waals surface area contributed by atoms with Crippen LogP contribution in [0.15, 0.2) is 18.2 Å². The summed E-state index contributed by atoms with van der Waals surface area (Å²) in [5, 5.41) is 15.5. The van der Waals surface area contributed by atoms with Crippen molar-refractivity contribution in [2.45, 2.75) is 44.7 Å². The first kappa shape index (κ1) is 22.1. The first-order chi connectivity index (χ1) is 15.0. The SMILES string of the molecule is CCOC(=O)[C@H]1CCCCC(N)c2nc(c(C#N)[nH]2)-c2ccc(NC(=O)OC)cc2N1. The number of H-pyrrole nitrogens is 1. The van der Waals surface area contributed by atoms with Gasteiger partial charge in [-0.3, -0.25) is 5.32 Å². The van der Waals surface area contributed by atoms with Gasteiger partial charge in [-0.1, -0.05) is 12.8 Å². The first-order valence-corrected chi connectivity index (χ1v) is 10.1. The molecule has 5 N–H and O–H groups in total. The van der Waals surface area contributed by atoms with Crippen LogP contribution in [0.4, 0.5) is 16.2 Å². The lowest BCUT2D eigenvalue weighted by atomic mass is 10.0. The average molecular weight is 426 g/mol. The van der Waals surface area contributed by atoms with Crippen molar-refractivity contribution in [3.63, 3.8) is 0 Å². The number of aromatic nitrogens is 2. The highest BCUT2D eigenvalue weighted by Crippen LogP contribution is 2.34. The molecule has 1 amide bonds. The minimum atomic E-state index is -0.624. The molecule has 2 atom stereocenters. The van der Waals surface area contributed by atoms with E-state index in [1.807, 2.05) is 0 Å². The number of hydrogen-bond donors (Lipinski definition) is 4. The molecule has 0 saturated carbocycles. The van der Waals surface area contributed by atoms with Gasteiger partial charge in [0.05, 0.1) is 19.8 Å². The number of anilines is 2. The Balaban J connectivity index is 2.11. The molecule has 1 aromatic carbocycles. The second-order valence-electron chi connectivity index (χ2n) is 7.17. The molecular formula is C21H26N6O4. The maximum Gasteiger partial charge on any atom is 0.411 e. The Kier molecular flexibility index (Phi) is 7.10. The number of esters is 1. The van der Waals surface area contributed by atoms with Gasteiger partial charge in [0.25, 0.3) is 0 Å². The van der Waals surface area contributed by atoms with Crippen LogP contribution in [0.2, 0.25) is 0 Å². The van der Waals surface area contributed by atoms with Gasteiger partial charge in [-0.2, -0.15) is 5.26 Å². The van der Waals surface area contributed by atoms with E-state index in [0.717, 1.165) is 12.8 Å². The van der Waals surface area contributed by atoms with Crippen molar-refractivity contribution < 1.29 is 19.1 Å². The number of fused-ring (bicyclic) bond motifs is 4. The van der Waals surface area contributed by atoms with Gasteiger partial charge in [0.1, 0.15) is 29.3 Å². The van der Waals surface area contributed by atoms with E-state index in [9.17, 15) is 14.9 Å². The number of ether oxygens (including phenoxy) is 2. The maximum atomic E-state index is 12.6. The quantitative estimate of drug-likeness (QED) is 0.546.